The molecular formula is C45H74Cl2N4O8. The number of aliphatic carboxylic acids is 1. The lowest BCUT2D eigenvalue weighted by molar-refractivity contribution is -0.142. The van der Waals surface area contributed by atoms with Crippen molar-refractivity contribution in [1.82, 2.24) is 15.1 Å². The molecule has 0 spiro atoms. The maximum Gasteiger partial charge on any atom is 0.311 e. The summed E-state index contributed by atoms with van der Waals surface area (Å²) in [5.41, 5.74) is 9.18. The lowest BCUT2D eigenvalue weighted by atomic mass is 9.94. The number of benzene rings is 2. The number of halogens is 2. The largest absolute Gasteiger partial charge is 0.481 e. The van der Waals surface area contributed by atoms with Crippen molar-refractivity contribution in [3.8, 4) is 11.5 Å². The van der Waals surface area contributed by atoms with Crippen LogP contribution in [-0.2, 0) is 23.9 Å². The number of carboxylic acids is 1. The Morgan fingerprint density at radius 1 is 0.729 bits per heavy atom. The molecule has 0 bridgehead atoms. The highest BCUT2D eigenvalue weighted by Gasteiger charge is 2.22. The van der Waals surface area contributed by atoms with Crippen LogP contribution in [-0.4, -0.2) is 111 Å². The Bertz CT molecular complexity index is 1470. The molecule has 0 saturated carbocycles. The Morgan fingerprint density at radius 2 is 1.14 bits per heavy atom. The molecule has 1 fully saturated rings. The van der Waals surface area contributed by atoms with Crippen LogP contribution in [0.25, 0.3) is 0 Å². The number of likely N-dealkylation sites (N-methyl/N-ethyl adjacent to an activating group) is 2. The van der Waals surface area contributed by atoms with Crippen molar-refractivity contribution >= 4 is 47.0 Å². The molecule has 0 aliphatic carbocycles. The minimum atomic E-state index is -0.997. The van der Waals surface area contributed by atoms with Gasteiger partial charge in [0.05, 0.1) is 25.4 Å². The van der Waals surface area contributed by atoms with Gasteiger partial charge >= 0.3 is 17.9 Å². The fraction of sp³-hybridized carbons (Fsp3) is 0.644. The second kappa shape index (κ2) is 30.7. The summed E-state index contributed by atoms with van der Waals surface area (Å²) >= 11 is 11.0. The van der Waals surface area contributed by atoms with Crippen LogP contribution >= 0.6 is 23.2 Å². The molecule has 2 aromatic rings. The Kier molecular flexibility index (Phi) is 29.0. The van der Waals surface area contributed by atoms with Gasteiger partial charge in [-0.2, -0.15) is 0 Å². The van der Waals surface area contributed by atoms with Crippen molar-refractivity contribution in [2.75, 3.05) is 61.0 Å². The van der Waals surface area contributed by atoms with E-state index in [0.29, 0.717) is 18.0 Å². The second-order valence-corrected chi connectivity index (χ2v) is 17.3. The third-order valence-electron chi connectivity index (χ3n) is 8.87. The molecule has 0 radical (unpaired) electrons. The monoisotopic (exact) mass is 868 g/mol. The van der Waals surface area contributed by atoms with Gasteiger partial charge in [-0.1, -0.05) is 91.8 Å². The Labute approximate surface area is 364 Å². The van der Waals surface area contributed by atoms with E-state index in [2.05, 4.69) is 37.9 Å². The van der Waals surface area contributed by atoms with E-state index in [4.69, 9.17) is 48.3 Å². The van der Waals surface area contributed by atoms with Gasteiger partial charge in [0.2, 0.25) is 5.91 Å². The highest BCUT2D eigenvalue weighted by Crippen LogP contribution is 2.36. The van der Waals surface area contributed by atoms with Crippen molar-refractivity contribution in [3.05, 3.63) is 58.7 Å². The molecule has 1 aliphatic heterocycles. The Balaban J connectivity index is 0.000000870. The molecule has 1 heterocycles. The number of para-hydroxylation sites is 2. The van der Waals surface area contributed by atoms with Gasteiger partial charge < -0.3 is 40.2 Å². The number of carbonyl (C=O) groups is 4. The van der Waals surface area contributed by atoms with E-state index in [1.54, 1.807) is 0 Å². The first kappa shape index (κ1) is 55.7. The molecule has 4 N–H and O–H groups in total. The maximum absolute atomic E-state index is 12.2. The SMILES string of the molecule is CC(C)c1cccc(C(C)C)c1OC(=O)CCC(=O)NCCN(C)C.CC(C)c1cccc(C(C)C)c1OC(=O)CCC(=O)O.CN(C)CCN.ClC(Cl)C1CCCO1. The highest BCUT2D eigenvalue weighted by molar-refractivity contribution is 6.44. The van der Waals surface area contributed by atoms with E-state index < -0.39 is 11.9 Å². The third kappa shape index (κ3) is 24.6. The zero-order chi connectivity index (χ0) is 45.2. The van der Waals surface area contributed by atoms with Crippen LogP contribution in [0.3, 0.4) is 0 Å². The van der Waals surface area contributed by atoms with Crippen LogP contribution in [0.5, 0.6) is 11.5 Å². The van der Waals surface area contributed by atoms with Crippen LogP contribution in [0.15, 0.2) is 36.4 Å². The minimum Gasteiger partial charge on any atom is -0.481 e. The number of nitrogens with two attached hydrogens (primary N) is 1. The minimum absolute atomic E-state index is 0.0811. The molecule has 1 atom stereocenters. The number of nitrogens with one attached hydrogen (secondary N) is 1. The van der Waals surface area contributed by atoms with Gasteiger partial charge in [-0.05, 0) is 87.0 Å². The number of amides is 1. The van der Waals surface area contributed by atoms with Gasteiger partial charge in [0.1, 0.15) is 16.3 Å². The second-order valence-electron chi connectivity index (χ2n) is 16.1. The Hall–Kier alpha value is -3.26. The fourth-order valence-corrected chi connectivity index (χ4v) is 5.92. The van der Waals surface area contributed by atoms with E-state index >= 15 is 0 Å². The third-order valence-corrected chi connectivity index (χ3v) is 9.44. The summed E-state index contributed by atoms with van der Waals surface area (Å²) < 4.78 is 16.3. The number of hydrogen-bond donors (Lipinski definition) is 3. The molecule has 3 rings (SSSR count). The number of carboxylic acid groups (broad SMARTS) is 1. The predicted molar refractivity (Wildman–Crippen MR) is 240 cm³/mol. The van der Waals surface area contributed by atoms with Crippen molar-refractivity contribution in [2.24, 2.45) is 5.73 Å². The number of alkyl halides is 2. The summed E-state index contributed by atoms with van der Waals surface area (Å²) in [5, 5.41) is 11.4. The van der Waals surface area contributed by atoms with E-state index in [9.17, 15) is 19.2 Å². The highest BCUT2D eigenvalue weighted by atomic mass is 35.5. The van der Waals surface area contributed by atoms with E-state index in [1.807, 2.05) is 97.2 Å². The quantitative estimate of drug-likeness (QED) is 0.0749. The van der Waals surface area contributed by atoms with Crippen molar-refractivity contribution in [1.29, 1.82) is 0 Å². The molecule has 12 nitrogen and oxygen atoms in total. The van der Waals surface area contributed by atoms with Crippen LogP contribution in [0.1, 0.15) is 140 Å². The van der Waals surface area contributed by atoms with E-state index in [-0.39, 0.29) is 72.2 Å². The molecule has 0 aromatic heterocycles. The molecular weight excluding hydrogens is 795 g/mol. The number of hydrogen-bond acceptors (Lipinski definition) is 10. The summed E-state index contributed by atoms with van der Waals surface area (Å²) in [6.45, 7) is 20.4. The fourth-order valence-electron chi connectivity index (χ4n) is 5.52. The predicted octanol–water partition coefficient (Wildman–Crippen LogP) is 8.48. The van der Waals surface area contributed by atoms with Crippen molar-refractivity contribution in [2.45, 2.75) is 129 Å². The number of ether oxygens (including phenoxy) is 3. The molecule has 2 aromatic carbocycles. The first-order chi connectivity index (χ1) is 27.6. The zero-order valence-corrected chi connectivity index (χ0v) is 39.3. The standard InChI is InChI=1S/C20H32N2O3.C16H22O4.C5H8Cl2O.C4H12N2/c1-14(2)16-8-7-9-17(15(3)4)20(16)25-19(24)11-10-18(23)21-12-13-22(5)6;1-10(2)12-6-5-7-13(11(3)4)16(12)20-15(19)9-8-14(17)18;6-5(7)4-2-1-3-8-4;1-6(2)4-3-5/h7-9,14-15H,10-13H2,1-6H3,(H,21,23);5-7,10-11H,8-9H2,1-4H3,(H,17,18);4-5H,1-3H2;3-5H2,1-2H3. The molecule has 1 saturated heterocycles. The van der Waals surface area contributed by atoms with Crippen LogP contribution in [0.4, 0.5) is 0 Å². The first-order valence-electron chi connectivity index (χ1n) is 20.7. The topological polar surface area (TPSA) is 161 Å². The van der Waals surface area contributed by atoms with Crippen LogP contribution in [0, 0.1) is 0 Å². The molecule has 59 heavy (non-hydrogen) atoms. The van der Waals surface area contributed by atoms with E-state index in [1.165, 1.54) is 0 Å². The summed E-state index contributed by atoms with van der Waals surface area (Å²) in [4.78, 5) is 50.0. The normalized spacial score (nSPS) is 13.5. The van der Waals surface area contributed by atoms with Crippen LogP contribution < -0.4 is 20.5 Å². The summed E-state index contributed by atoms with van der Waals surface area (Å²) in [6.07, 6.45) is 2.11. The number of rotatable bonds is 18. The lowest BCUT2D eigenvalue weighted by Gasteiger charge is -2.18. The van der Waals surface area contributed by atoms with Gasteiger partial charge in [-0.25, -0.2) is 0 Å². The first-order valence-corrected chi connectivity index (χ1v) is 21.5. The van der Waals surface area contributed by atoms with Crippen molar-refractivity contribution < 1.29 is 38.5 Å². The van der Waals surface area contributed by atoms with Gasteiger partial charge in [-0.15, -0.1) is 23.2 Å². The zero-order valence-electron chi connectivity index (χ0n) is 37.7. The smallest absolute Gasteiger partial charge is 0.311 e. The van der Waals surface area contributed by atoms with Gasteiger partial charge in [0.15, 0.2) is 0 Å². The summed E-state index contributed by atoms with van der Waals surface area (Å²) in [7, 11) is 7.91. The molecule has 1 aliphatic rings. The van der Waals surface area contributed by atoms with Crippen molar-refractivity contribution in [3.63, 3.8) is 0 Å². The summed E-state index contributed by atoms with van der Waals surface area (Å²) in [6, 6.07) is 11.8. The lowest BCUT2D eigenvalue weighted by Crippen LogP contribution is -2.31. The number of esters is 2. The summed E-state index contributed by atoms with van der Waals surface area (Å²) in [5.74, 6) is 0.250. The molecule has 1 amide bonds. The number of carbonyl (C=O) groups excluding carboxylic acids is 3. The van der Waals surface area contributed by atoms with Gasteiger partial charge in [0, 0.05) is 39.2 Å². The molecule has 336 valence electrons. The average Bonchev–Trinajstić information content (AvgIpc) is 3.70. The number of nitrogens with zero attached hydrogens (tertiary/aromatic N) is 2. The average molecular weight is 870 g/mol. The van der Waals surface area contributed by atoms with E-state index in [0.717, 1.165) is 61.3 Å². The van der Waals surface area contributed by atoms with Gasteiger partial charge in [-0.3, -0.25) is 19.2 Å². The molecule has 14 heteroatoms. The maximum atomic E-state index is 12.2. The van der Waals surface area contributed by atoms with Gasteiger partial charge in [0.25, 0.3) is 0 Å². The molecule has 1 unspecified atom stereocenters. The van der Waals surface area contributed by atoms with Crippen LogP contribution in [0.2, 0.25) is 0 Å². The Morgan fingerprint density at radius 3 is 1.41 bits per heavy atom.